The van der Waals surface area contributed by atoms with Gasteiger partial charge in [0.1, 0.15) is 0 Å². The van der Waals surface area contributed by atoms with Crippen molar-refractivity contribution in [3.8, 4) is 0 Å². The van der Waals surface area contributed by atoms with Gasteiger partial charge in [0, 0.05) is 24.3 Å². The average Bonchev–Trinajstić information content (AvgIpc) is 3.05. The van der Waals surface area contributed by atoms with Crippen molar-refractivity contribution in [3.63, 3.8) is 0 Å². The quantitative estimate of drug-likeness (QED) is 0.794. The van der Waals surface area contributed by atoms with E-state index in [0.29, 0.717) is 26.3 Å². The van der Waals surface area contributed by atoms with Crippen molar-refractivity contribution in [2.75, 3.05) is 32.8 Å². The van der Waals surface area contributed by atoms with Crippen LogP contribution in [0.4, 0.5) is 0 Å². The third kappa shape index (κ3) is 3.81. The summed E-state index contributed by atoms with van der Waals surface area (Å²) in [6.45, 7) is 3.19. The van der Waals surface area contributed by atoms with E-state index in [0.717, 1.165) is 13.0 Å². The summed E-state index contributed by atoms with van der Waals surface area (Å²) in [4.78, 5) is 2.03. The molecule has 1 aliphatic rings. The van der Waals surface area contributed by atoms with Gasteiger partial charge in [-0.15, -0.1) is 11.3 Å². The number of aliphatic hydroxyl groups excluding tert-OH is 2. The number of hydrogen-bond donors (Lipinski definition) is 2. The predicted octanol–water partition coefficient (Wildman–Crippen LogP) is 1.50. The number of likely N-dealkylation sites (tertiary alicyclic amines) is 1. The van der Waals surface area contributed by atoms with Crippen molar-refractivity contribution in [2.45, 2.75) is 18.6 Å². The lowest BCUT2D eigenvalue weighted by molar-refractivity contribution is 0.0572. The van der Waals surface area contributed by atoms with Crippen LogP contribution in [-0.2, 0) is 11.2 Å². The fourth-order valence-corrected chi connectivity index (χ4v) is 3.46. The maximum Gasteiger partial charge on any atom is 0.0938 e. The van der Waals surface area contributed by atoms with Gasteiger partial charge in [0.15, 0.2) is 0 Å². The molecule has 1 aromatic heterocycles. The molecule has 21 heavy (non-hydrogen) atoms. The Morgan fingerprint density at radius 2 is 1.95 bits per heavy atom. The van der Waals surface area contributed by atoms with Crippen LogP contribution >= 0.6 is 11.3 Å². The van der Waals surface area contributed by atoms with Gasteiger partial charge in [-0.3, -0.25) is 4.90 Å². The molecular formula is C16H21NO3S. The van der Waals surface area contributed by atoms with Crippen LogP contribution < -0.4 is 0 Å². The first-order chi connectivity index (χ1) is 10.2. The highest BCUT2D eigenvalue weighted by molar-refractivity contribution is 7.17. The van der Waals surface area contributed by atoms with E-state index in [1.807, 2.05) is 4.90 Å². The molecule has 1 fully saturated rings. The highest BCUT2D eigenvalue weighted by atomic mass is 32.1. The van der Waals surface area contributed by atoms with Crippen LogP contribution in [0.3, 0.4) is 0 Å². The average molecular weight is 307 g/mol. The van der Waals surface area contributed by atoms with E-state index >= 15 is 0 Å². The van der Waals surface area contributed by atoms with Crippen LogP contribution in [0, 0.1) is 0 Å². The minimum absolute atomic E-state index is 0.541. The fraction of sp³-hybridized carbons (Fsp3) is 0.500. The second-order valence-corrected chi connectivity index (χ2v) is 6.50. The molecule has 3 rings (SSSR count). The van der Waals surface area contributed by atoms with Gasteiger partial charge < -0.3 is 14.9 Å². The number of hydrogen-bond acceptors (Lipinski definition) is 5. The number of ether oxygens (including phenoxy) is 1. The van der Waals surface area contributed by atoms with E-state index in [2.05, 4.69) is 29.6 Å². The molecule has 0 unspecified atom stereocenters. The number of benzene rings is 1. The van der Waals surface area contributed by atoms with E-state index in [4.69, 9.17) is 4.74 Å². The van der Waals surface area contributed by atoms with Crippen LogP contribution in [0.2, 0.25) is 0 Å². The zero-order chi connectivity index (χ0) is 14.7. The highest BCUT2D eigenvalue weighted by Crippen LogP contribution is 2.21. The van der Waals surface area contributed by atoms with Crippen LogP contribution in [0.15, 0.2) is 29.6 Å². The summed E-state index contributed by atoms with van der Waals surface area (Å²) in [5, 5.41) is 22.3. The van der Waals surface area contributed by atoms with Crippen molar-refractivity contribution in [1.82, 2.24) is 4.90 Å². The van der Waals surface area contributed by atoms with Crippen molar-refractivity contribution in [2.24, 2.45) is 0 Å². The number of thiophene rings is 1. The molecule has 1 saturated heterocycles. The SMILES string of the molecule is O[C@@H]1CN(CCOCCc2ccc3sccc3c2)C[C@@H]1O. The van der Waals surface area contributed by atoms with Crippen LogP contribution in [0.25, 0.3) is 10.1 Å². The molecule has 0 aliphatic carbocycles. The van der Waals surface area contributed by atoms with Gasteiger partial charge in [-0.2, -0.15) is 0 Å². The topological polar surface area (TPSA) is 52.9 Å². The summed E-state index contributed by atoms with van der Waals surface area (Å²) in [5.41, 5.74) is 1.30. The maximum atomic E-state index is 9.46. The van der Waals surface area contributed by atoms with Crippen molar-refractivity contribution in [3.05, 3.63) is 35.2 Å². The van der Waals surface area contributed by atoms with Crippen molar-refractivity contribution < 1.29 is 14.9 Å². The van der Waals surface area contributed by atoms with E-state index in [1.54, 1.807) is 11.3 Å². The Morgan fingerprint density at radius 3 is 2.76 bits per heavy atom. The summed E-state index contributed by atoms with van der Waals surface area (Å²) in [6, 6.07) is 8.70. The smallest absolute Gasteiger partial charge is 0.0938 e. The molecule has 1 aromatic carbocycles. The lowest BCUT2D eigenvalue weighted by Crippen LogP contribution is -2.26. The van der Waals surface area contributed by atoms with E-state index in [1.165, 1.54) is 15.6 Å². The molecule has 2 heterocycles. The number of β-amino-alcohol motifs (C(OH)–C–C–N with tert-alkyl or cyclic N) is 2. The molecule has 0 spiro atoms. The van der Waals surface area contributed by atoms with Crippen molar-refractivity contribution in [1.29, 1.82) is 0 Å². The van der Waals surface area contributed by atoms with E-state index < -0.39 is 12.2 Å². The minimum Gasteiger partial charge on any atom is -0.389 e. The zero-order valence-electron chi connectivity index (χ0n) is 11.9. The molecule has 5 heteroatoms. The van der Waals surface area contributed by atoms with Gasteiger partial charge >= 0.3 is 0 Å². The molecule has 114 valence electrons. The third-order valence-corrected chi connectivity index (χ3v) is 4.84. The van der Waals surface area contributed by atoms with Gasteiger partial charge in [0.05, 0.1) is 25.4 Å². The molecule has 0 saturated carbocycles. The van der Waals surface area contributed by atoms with Gasteiger partial charge in [-0.1, -0.05) is 12.1 Å². The summed E-state index contributed by atoms with van der Waals surface area (Å²) < 4.78 is 6.99. The molecule has 0 bridgehead atoms. The highest BCUT2D eigenvalue weighted by Gasteiger charge is 2.28. The third-order valence-electron chi connectivity index (χ3n) is 3.94. The molecule has 0 radical (unpaired) electrons. The Bertz CT molecular complexity index is 576. The second kappa shape index (κ2) is 6.85. The molecule has 2 atom stereocenters. The summed E-state index contributed by atoms with van der Waals surface area (Å²) >= 11 is 1.76. The first kappa shape index (κ1) is 14.9. The number of fused-ring (bicyclic) bond motifs is 1. The second-order valence-electron chi connectivity index (χ2n) is 5.55. The molecule has 4 nitrogen and oxygen atoms in total. The Labute approximate surface area is 128 Å². The predicted molar refractivity (Wildman–Crippen MR) is 84.8 cm³/mol. The van der Waals surface area contributed by atoms with Gasteiger partial charge in [0.2, 0.25) is 0 Å². The Hall–Kier alpha value is -0.980. The summed E-state index contributed by atoms with van der Waals surface area (Å²) in [7, 11) is 0. The maximum absolute atomic E-state index is 9.46. The lowest BCUT2D eigenvalue weighted by Gasteiger charge is -2.14. The van der Waals surface area contributed by atoms with Gasteiger partial charge in [0.25, 0.3) is 0 Å². The lowest BCUT2D eigenvalue weighted by atomic mass is 10.1. The standard InChI is InChI=1S/C16H21NO3S/c18-14-10-17(11-15(14)19)5-7-20-6-3-12-1-2-16-13(9-12)4-8-21-16/h1-2,4,8-9,14-15,18-19H,3,5-7,10-11H2/t14-,15+. The van der Waals surface area contributed by atoms with Crippen LogP contribution in [0.1, 0.15) is 5.56 Å². The van der Waals surface area contributed by atoms with Gasteiger partial charge in [-0.25, -0.2) is 0 Å². The monoisotopic (exact) mass is 307 g/mol. The summed E-state index contributed by atoms with van der Waals surface area (Å²) in [5.74, 6) is 0. The first-order valence-corrected chi connectivity index (χ1v) is 8.23. The zero-order valence-corrected chi connectivity index (χ0v) is 12.8. The number of aliphatic hydroxyl groups is 2. The normalized spacial score (nSPS) is 23.1. The molecular weight excluding hydrogens is 286 g/mol. The van der Waals surface area contributed by atoms with Crippen LogP contribution in [0.5, 0.6) is 0 Å². The Morgan fingerprint density at radius 1 is 1.14 bits per heavy atom. The molecule has 0 amide bonds. The Kier molecular flexibility index (Phi) is 4.87. The minimum atomic E-state index is -0.609. The molecule has 2 aromatic rings. The number of rotatable bonds is 6. The van der Waals surface area contributed by atoms with Crippen molar-refractivity contribution >= 4 is 21.4 Å². The van der Waals surface area contributed by atoms with Crippen LogP contribution in [-0.4, -0.2) is 60.2 Å². The largest absolute Gasteiger partial charge is 0.389 e. The molecule has 2 N–H and O–H groups in total. The first-order valence-electron chi connectivity index (χ1n) is 7.35. The van der Waals surface area contributed by atoms with E-state index in [-0.39, 0.29) is 0 Å². The summed E-state index contributed by atoms with van der Waals surface area (Å²) in [6.07, 6.45) is -0.304. The fourth-order valence-electron chi connectivity index (χ4n) is 2.69. The molecule has 1 aliphatic heterocycles. The van der Waals surface area contributed by atoms with E-state index in [9.17, 15) is 10.2 Å². The Balaban J connectivity index is 1.36. The van der Waals surface area contributed by atoms with Gasteiger partial charge in [-0.05, 0) is 34.9 Å². The number of nitrogens with zero attached hydrogens (tertiary/aromatic N) is 1.